The number of rotatable bonds is 3. The van der Waals surface area contributed by atoms with Gasteiger partial charge >= 0.3 is 0 Å². The van der Waals surface area contributed by atoms with E-state index in [2.05, 4.69) is 138 Å². The molecule has 8 rings (SSSR count). The van der Waals surface area contributed by atoms with Crippen molar-refractivity contribution in [1.82, 2.24) is 9.55 Å². The van der Waals surface area contributed by atoms with Crippen LogP contribution in [-0.2, 0) is 0 Å². The zero-order valence-corrected chi connectivity index (χ0v) is 21.3. The third-order valence-corrected chi connectivity index (χ3v) is 8.65. The Morgan fingerprint density at radius 1 is 0.526 bits per heavy atom. The third kappa shape index (κ3) is 3.22. The number of fused-ring (bicyclic) bond motifs is 5. The fraction of sp³-hybridized carbons (Fsp3) is 0. The van der Waals surface area contributed by atoms with Crippen molar-refractivity contribution in [2.75, 3.05) is 0 Å². The lowest BCUT2D eigenvalue weighted by Gasteiger charge is -2.13. The zero-order valence-electron chi connectivity index (χ0n) is 20.5. The first-order chi connectivity index (χ1) is 18.8. The smallest absolute Gasteiger partial charge is 0.145 e. The van der Waals surface area contributed by atoms with Gasteiger partial charge in [0.2, 0.25) is 0 Å². The molecule has 0 N–H and O–H groups in total. The summed E-state index contributed by atoms with van der Waals surface area (Å²) in [4.78, 5) is 5.11. The van der Waals surface area contributed by atoms with E-state index in [0.717, 1.165) is 28.1 Å². The average molecular weight is 503 g/mol. The summed E-state index contributed by atoms with van der Waals surface area (Å²) in [6.45, 7) is 0. The molecular formula is C35H22N2S. The molecule has 0 unspecified atom stereocenters. The van der Waals surface area contributed by atoms with Crippen molar-refractivity contribution in [2.45, 2.75) is 0 Å². The Hall–Kier alpha value is -4.73. The summed E-state index contributed by atoms with van der Waals surface area (Å²) in [5.41, 5.74) is 6.84. The minimum absolute atomic E-state index is 0.953. The second-order valence-electron chi connectivity index (χ2n) is 9.62. The lowest BCUT2D eigenvalue weighted by atomic mass is 10.0. The van der Waals surface area contributed by atoms with Gasteiger partial charge in [-0.15, -0.1) is 11.3 Å². The van der Waals surface area contributed by atoms with E-state index in [0.29, 0.717) is 0 Å². The average Bonchev–Trinajstić information content (AvgIpc) is 3.56. The molecule has 6 aromatic carbocycles. The molecule has 0 saturated carbocycles. The highest BCUT2D eigenvalue weighted by atomic mass is 32.1. The topological polar surface area (TPSA) is 17.8 Å². The molecule has 0 aliphatic heterocycles. The van der Waals surface area contributed by atoms with Gasteiger partial charge in [0.1, 0.15) is 5.82 Å². The number of para-hydroxylation sites is 2. The monoisotopic (exact) mass is 502 g/mol. The van der Waals surface area contributed by atoms with Gasteiger partial charge in [-0.05, 0) is 40.8 Å². The summed E-state index contributed by atoms with van der Waals surface area (Å²) < 4.78 is 4.97. The van der Waals surface area contributed by atoms with Crippen LogP contribution in [0.4, 0.5) is 0 Å². The summed E-state index contributed by atoms with van der Waals surface area (Å²) in [6, 6.07) is 47.7. The Bertz CT molecular complexity index is 2120. The summed E-state index contributed by atoms with van der Waals surface area (Å²) in [5.74, 6) is 0.953. The summed E-state index contributed by atoms with van der Waals surface area (Å²) >= 11 is 1.87. The summed E-state index contributed by atoms with van der Waals surface area (Å²) in [5, 5.41) is 5.09. The molecule has 0 aliphatic rings. The van der Waals surface area contributed by atoms with Gasteiger partial charge < -0.3 is 0 Å². The van der Waals surface area contributed by atoms with E-state index in [4.69, 9.17) is 4.98 Å². The highest BCUT2D eigenvalue weighted by molar-refractivity contribution is 7.26. The number of hydrogen-bond acceptors (Lipinski definition) is 2. The Labute approximate surface area is 224 Å². The van der Waals surface area contributed by atoms with E-state index in [1.807, 2.05) is 11.3 Å². The fourth-order valence-electron chi connectivity index (χ4n) is 5.64. The van der Waals surface area contributed by atoms with Crippen molar-refractivity contribution in [1.29, 1.82) is 0 Å². The molecule has 0 amide bonds. The van der Waals surface area contributed by atoms with Crippen molar-refractivity contribution in [3.8, 4) is 28.2 Å². The van der Waals surface area contributed by atoms with Crippen LogP contribution in [0.3, 0.4) is 0 Å². The first-order valence-electron chi connectivity index (χ1n) is 12.8. The van der Waals surface area contributed by atoms with Crippen LogP contribution in [-0.4, -0.2) is 9.55 Å². The van der Waals surface area contributed by atoms with Gasteiger partial charge in [-0.2, -0.15) is 0 Å². The quantitative estimate of drug-likeness (QED) is 0.235. The van der Waals surface area contributed by atoms with Crippen LogP contribution in [0.5, 0.6) is 0 Å². The Kier molecular flexibility index (Phi) is 4.73. The van der Waals surface area contributed by atoms with Crippen LogP contribution in [0.25, 0.3) is 70.2 Å². The van der Waals surface area contributed by atoms with Gasteiger partial charge in [0, 0.05) is 31.1 Å². The molecule has 0 aliphatic carbocycles. The standard InChI is InChI=1S/C35H22N2S/c1-2-11-26-23(9-1)10-7-17-31(26)37-32-16-5-4-15-30(32)36-35(37)25-21-19-24(20-22-25)27-13-8-14-29-28-12-3-6-18-33(28)38-34(27)29/h1-22H. The minimum Gasteiger partial charge on any atom is -0.292 e. The molecule has 0 fully saturated rings. The second-order valence-corrected chi connectivity index (χ2v) is 10.7. The molecule has 3 heteroatoms. The Morgan fingerprint density at radius 3 is 2.13 bits per heavy atom. The molecule has 0 atom stereocenters. The highest BCUT2D eigenvalue weighted by Crippen LogP contribution is 2.40. The van der Waals surface area contributed by atoms with Crippen molar-refractivity contribution in [2.24, 2.45) is 0 Å². The molecule has 2 heterocycles. The number of benzene rings is 6. The number of thiophene rings is 1. The second kappa shape index (κ2) is 8.41. The largest absolute Gasteiger partial charge is 0.292 e. The fourth-order valence-corrected chi connectivity index (χ4v) is 6.88. The zero-order chi connectivity index (χ0) is 25.1. The SMILES string of the molecule is c1ccc2c(-n3c(-c4ccc(-c5cccc6c5sc5ccccc56)cc4)nc4ccccc43)cccc2c1. The predicted octanol–water partition coefficient (Wildman–Crippen LogP) is 9.88. The molecule has 178 valence electrons. The third-order valence-electron chi connectivity index (χ3n) is 7.43. The summed E-state index contributed by atoms with van der Waals surface area (Å²) in [6.07, 6.45) is 0. The van der Waals surface area contributed by atoms with Crippen LogP contribution < -0.4 is 0 Å². The first-order valence-corrected chi connectivity index (χ1v) is 13.6. The number of imidazole rings is 1. The van der Waals surface area contributed by atoms with Gasteiger partial charge in [-0.3, -0.25) is 4.57 Å². The molecule has 38 heavy (non-hydrogen) atoms. The lowest BCUT2D eigenvalue weighted by molar-refractivity contribution is 1.11. The summed E-state index contributed by atoms with van der Waals surface area (Å²) in [7, 11) is 0. The Morgan fingerprint density at radius 2 is 1.21 bits per heavy atom. The maximum atomic E-state index is 5.11. The molecular weight excluding hydrogens is 480 g/mol. The van der Waals surface area contributed by atoms with E-state index in [1.165, 1.54) is 42.1 Å². The van der Waals surface area contributed by atoms with Gasteiger partial charge in [-0.25, -0.2) is 4.98 Å². The molecule has 2 nitrogen and oxygen atoms in total. The highest BCUT2D eigenvalue weighted by Gasteiger charge is 2.17. The first kappa shape index (κ1) is 21.4. The van der Waals surface area contributed by atoms with E-state index in [-0.39, 0.29) is 0 Å². The molecule has 0 spiro atoms. The van der Waals surface area contributed by atoms with Crippen molar-refractivity contribution < 1.29 is 0 Å². The molecule has 0 radical (unpaired) electrons. The van der Waals surface area contributed by atoms with Gasteiger partial charge in [0.05, 0.1) is 16.7 Å². The molecule has 8 aromatic rings. The maximum absolute atomic E-state index is 5.11. The lowest BCUT2D eigenvalue weighted by Crippen LogP contribution is -1.98. The number of nitrogens with zero attached hydrogens (tertiary/aromatic N) is 2. The van der Waals surface area contributed by atoms with Crippen molar-refractivity contribution in [3.05, 3.63) is 133 Å². The predicted molar refractivity (Wildman–Crippen MR) is 162 cm³/mol. The molecule has 2 aromatic heterocycles. The van der Waals surface area contributed by atoms with Crippen molar-refractivity contribution >= 4 is 53.3 Å². The van der Waals surface area contributed by atoms with Gasteiger partial charge in [-0.1, -0.05) is 109 Å². The Balaban J connectivity index is 1.31. The van der Waals surface area contributed by atoms with Crippen LogP contribution in [0.2, 0.25) is 0 Å². The normalized spacial score (nSPS) is 11.7. The minimum atomic E-state index is 0.953. The molecule has 0 bridgehead atoms. The van der Waals surface area contributed by atoms with Crippen LogP contribution in [0.15, 0.2) is 133 Å². The maximum Gasteiger partial charge on any atom is 0.145 e. The van der Waals surface area contributed by atoms with E-state index >= 15 is 0 Å². The van der Waals surface area contributed by atoms with E-state index < -0.39 is 0 Å². The van der Waals surface area contributed by atoms with Crippen LogP contribution in [0.1, 0.15) is 0 Å². The van der Waals surface area contributed by atoms with Crippen molar-refractivity contribution in [3.63, 3.8) is 0 Å². The number of hydrogen-bond donors (Lipinski definition) is 0. The van der Waals surface area contributed by atoms with Gasteiger partial charge in [0.25, 0.3) is 0 Å². The molecule has 0 saturated heterocycles. The van der Waals surface area contributed by atoms with E-state index in [9.17, 15) is 0 Å². The number of aromatic nitrogens is 2. The van der Waals surface area contributed by atoms with Crippen LogP contribution >= 0.6 is 11.3 Å². The van der Waals surface area contributed by atoms with Crippen LogP contribution in [0, 0.1) is 0 Å². The van der Waals surface area contributed by atoms with Gasteiger partial charge in [0.15, 0.2) is 0 Å². The van der Waals surface area contributed by atoms with E-state index in [1.54, 1.807) is 0 Å².